The summed E-state index contributed by atoms with van der Waals surface area (Å²) in [6, 6.07) is 6.91. The Morgan fingerprint density at radius 2 is 1.41 bits per heavy atom. The van der Waals surface area contributed by atoms with Crippen LogP contribution in [0.4, 0.5) is 4.39 Å². The zero-order chi connectivity index (χ0) is 23.0. The van der Waals surface area contributed by atoms with Gasteiger partial charge in [0.2, 0.25) is 10.0 Å². The molecule has 1 saturated carbocycles. The van der Waals surface area contributed by atoms with Crippen LogP contribution in [0.3, 0.4) is 0 Å². The van der Waals surface area contributed by atoms with Gasteiger partial charge in [0.05, 0.1) is 16.4 Å². The van der Waals surface area contributed by atoms with E-state index in [4.69, 9.17) is 0 Å². The average molecular weight is 467 g/mol. The second-order valence-corrected chi connectivity index (χ2v) is 11.0. The average Bonchev–Trinajstić information content (AvgIpc) is 3.05. The van der Waals surface area contributed by atoms with Crippen LogP contribution in [0.5, 0.6) is 0 Å². The summed E-state index contributed by atoms with van der Waals surface area (Å²) in [5.74, 6) is -0.421. The molecule has 0 spiro atoms. The molecule has 0 saturated heterocycles. The summed E-state index contributed by atoms with van der Waals surface area (Å²) < 4.78 is 40.0. The Labute approximate surface area is 191 Å². The molecule has 0 atom stereocenters. The predicted molar refractivity (Wildman–Crippen MR) is 123 cm³/mol. The largest absolute Gasteiger partial charge is 0.274 e. The van der Waals surface area contributed by atoms with Crippen LogP contribution in [-0.4, -0.2) is 61.0 Å². The second kappa shape index (κ2) is 11.9. The molecule has 1 aliphatic carbocycles. The Hall–Kier alpha value is -1.80. The van der Waals surface area contributed by atoms with E-state index in [1.165, 1.54) is 9.21 Å². The summed E-state index contributed by atoms with van der Waals surface area (Å²) in [7, 11) is -3.41. The third-order valence-electron chi connectivity index (χ3n) is 6.58. The molecule has 0 N–H and O–H groups in total. The van der Waals surface area contributed by atoms with Crippen LogP contribution >= 0.6 is 0 Å². The molecule has 1 heterocycles. The van der Waals surface area contributed by atoms with Gasteiger partial charge in [0.1, 0.15) is 6.67 Å². The number of benzene rings is 1. The van der Waals surface area contributed by atoms with Crippen LogP contribution in [0.25, 0.3) is 0 Å². The number of rotatable bonds is 13. The molecule has 3 rings (SSSR count). The first kappa shape index (κ1) is 24.8. The minimum Gasteiger partial charge on any atom is -0.274 e. The number of halogens is 1. The normalized spacial score (nSPS) is 17.4. The molecule has 2 amide bonds. The topological polar surface area (TPSA) is 74.8 Å². The molecule has 1 aromatic carbocycles. The van der Waals surface area contributed by atoms with E-state index in [2.05, 4.69) is 0 Å². The van der Waals surface area contributed by atoms with Crippen molar-refractivity contribution in [1.82, 2.24) is 9.21 Å². The summed E-state index contributed by atoms with van der Waals surface area (Å²) >= 11 is 0. The standard InChI is InChI=1S/C24H35FN2O4S/c25-16-19-26(32(30,31)20-12-6-5-7-13-20)17-10-3-1-2-4-11-18-27-23(28)21-14-8-9-15-22(21)24(27)29/h8-9,14-15,20H,1-7,10-13,16-19H2. The first-order chi connectivity index (χ1) is 15.5. The van der Waals surface area contributed by atoms with Gasteiger partial charge in [-0.05, 0) is 37.8 Å². The lowest BCUT2D eigenvalue weighted by atomic mass is 10.0. The lowest BCUT2D eigenvalue weighted by Crippen LogP contribution is -2.41. The highest BCUT2D eigenvalue weighted by Gasteiger charge is 2.34. The Balaban J connectivity index is 1.32. The van der Waals surface area contributed by atoms with E-state index < -0.39 is 16.7 Å². The Morgan fingerprint density at radius 1 is 0.844 bits per heavy atom. The van der Waals surface area contributed by atoms with Crippen LogP contribution in [-0.2, 0) is 10.0 Å². The van der Waals surface area contributed by atoms with Gasteiger partial charge in [-0.1, -0.05) is 57.1 Å². The fraction of sp³-hybridized carbons (Fsp3) is 0.667. The molecule has 0 radical (unpaired) electrons. The molecular weight excluding hydrogens is 431 g/mol. The number of carbonyl (C=O) groups is 2. The van der Waals surface area contributed by atoms with Crippen molar-refractivity contribution in [3.05, 3.63) is 35.4 Å². The van der Waals surface area contributed by atoms with E-state index >= 15 is 0 Å². The zero-order valence-corrected chi connectivity index (χ0v) is 19.6. The van der Waals surface area contributed by atoms with E-state index in [0.29, 0.717) is 37.1 Å². The predicted octanol–water partition coefficient (Wildman–Crippen LogP) is 4.56. The van der Waals surface area contributed by atoms with E-state index in [1.54, 1.807) is 24.3 Å². The maximum Gasteiger partial charge on any atom is 0.261 e. The quantitative estimate of drug-likeness (QED) is 0.316. The van der Waals surface area contributed by atoms with Gasteiger partial charge in [0.25, 0.3) is 11.8 Å². The monoisotopic (exact) mass is 466 g/mol. The molecule has 0 unspecified atom stereocenters. The summed E-state index contributed by atoms with van der Waals surface area (Å²) in [6.07, 6.45) is 9.54. The van der Waals surface area contributed by atoms with Crippen LogP contribution in [0, 0.1) is 0 Å². The maximum atomic E-state index is 13.0. The van der Waals surface area contributed by atoms with Gasteiger partial charge in [-0.2, -0.15) is 4.31 Å². The van der Waals surface area contributed by atoms with Gasteiger partial charge in [-0.25, -0.2) is 12.8 Å². The molecular formula is C24H35FN2O4S. The number of amides is 2. The number of imide groups is 1. The lowest BCUT2D eigenvalue weighted by molar-refractivity contribution is 0.0651. The second-order valence-electron chi connectivity index (χ2n) is 8.82. The lowest BCUT2D eigenvalue weighted by Gasteiger charge is -2.29. The number of unbranched alkanes of at least 4 members (excludes halogenated alkanes) is 5. The fourth-order valence-electron chi connectivity index (χ4n) is 4.74. The molecule has 0 aromatic heterocycles. The smallest absolute Gasteiger partial charge is 0.261 e. The highest BCUT2D eigenvalue weighted by atomic mass is 32.2. The summed E-state index contributed by atoms with van der Waals surface area (Å²) in [5.41, 5.74) is 0.969. The fourth-order valence-corrected chi connectivity index (χ4v) is 6.80. The van der Waals surface area contributed by atoms with Gasteiger partial charge in [-0.3, -0.25) is 14.5 Å². The first-order valence-electron chi connectivity index (χ1n) is 12.0. The number of carbonyl (C=O) groups excluding carboxylic acids is 2. The van der Waals surface area contributed by atoms with Crippen molar-refractivity contribution in [3.63, 3.8) is 0 Å². The molecule has 1 aliphatic heterocycles. The number of sulfonamides is 1. The van der Waals surface area contributed by atoms with Crippen molar-refractivity contribution in [2.45, 2.75) is 75.9 Å². The maximum absolute atomic E-state index is 13.0. The van der Waals surface area contributed by atoms with Crippen molar-refractivity contribution in [1.29, 1.82) is 0 Å². The minimum atomic E-state index is -3.41. The first-order valence-corrected chi connectivity index (χ1v) is 13.5. The highest BCUT2D eigenvalue weighted by molar-refractivity contribution is 7.89. The van der Waals surface area contributed by atoms with Crippen molar-refractivity contribution < 1.29 is 22.4 Å². The van der Waals surface area contributed by atoms with E-state index in [-0.39, 0.29) is 23.6 Å². The van der Waals surface area contributed by atoms with Gasteiger partial charge in [0.15, 0.2) is 0 Å². The van der Waals surface area contributed by atoms with Gasteiger partial charge in [-0.15, -0.1) is 0 Å². The van der Waals surface area contributed by atoms with Crippen molar-refractivity contribution in [3.8, 4) is 0 Å². The molecule has 0 bridgehead atoms. The molecule has 178 valence electrons. The number of hydrogen-bond donors (Lipinski definition) is 0. The number of fused-ring (bicyclic) bond motifs is 1. The molecule has 2 aliphatic rings. The summed E-state index contributed by atoms with van der Waals surface area (Å²) in [6.45, 7) is 0.122. The zero-order valence-electron chi connectivity index (χ0n) is 18.8. The third-order valence-corrected chi connectivity index (χ3v) is 8.98. The van der Waals surface area contributed by atoms with Crippen LogP contribution in [0.1, 0.15) is 91.3 Å². The van der Waals surface area contributed by atoms with Crippen LogP contribution < -0.4 is 0 Å². The Morgan fingerprint density at radius 3 is 2.00 bits per heavy atom. The molecule has 1 aromatic rings. The van der Waals surface area contributed by atoms with Gasteiger partial charge in [0, 0.05) is 19.6 Å². The number of hydrogen-bond acceptors (Lipinski definition) is 4. The highest BCUT2D eigenvalue weighted by Crippen LogP contribution is 2.26. The van der Waals surface area contributed by atoms with E-state index in [9.17, 15) is 22.4 Å². The van der Waals surface area contributed by atoms with Gasteiger partial charge < -0.3 is 0 Å². The van der Waals surface area contributed by atoms with E-state index in [1.807, 2.05) is 0 Å². The van der Waals surface area contributed by atoms with Gasteiger partial charge >= 0.3 is 0 Å². The Kier molecular flexibility index (Phi) is 9.22. The third kappa shape index (κ3) is 5.95. The van der Waals surface area contributed by atoms with Crippen LogP contribution in [0.2, 0.25) is 0 Å². The molecule has 8 heteroatoms. The number of alkyl halides is 1. The molecule has 1 fully saturated rings. The van der Waals surface area contributed by atoms with Crippen molar-refractivity contribution in [2.24, 2.45) is 0 Å². The molecule has 6 nitrogen and oxygen atoms in total. The summed E-state index contributed by atoms with van der Waals surface area (Å²) in [5, 5.41) is -0.343. The minimum absolute atomic E-state index is 0.0425. The summed E-state index contributed by atoms with van der Waals surface area (Å²) in [4.78, 5) is 26.0. The van der Waals surface area contributed by atoms with Crippen LogP contribution in [0.15, 0.2) is 24.3 Å². The van der Waals surface area contributed by atoms with Crippen molar-refractivity contribution >= 4 is 21.8 Å². The van der Waals surface area contributed by atoms with E-state index in [0.717, 1.165) is 57.8 Å². The van der Waals surface area contributed by atoms with Crippen molar-refractivity contribution in [2.75, 3.05) is 26.3 Å². The number of nitrogens with zero attached hydrogens (tertiary/aromatic N) is 2. The SMILES string of the molecule is O=C1c2ccccc2C(=O)N1CCCCCCCCN(CCF)S(=O)(=O)C1CCCCC1. The Bertz CT molecular complexity index is 849. The molecule has 32 heavy (non-hydrogen) atoms.